The van der Waals surface area contributed by atoms with Crippen LogP contribution in [-0.4, -0.2) is 122 Å². The molecule has 38 heavy (non-hydrogen) atoms. The van der Waals surface area contributed by atoms with Crippen molar-refractivity contribution in [3.8, 4) is 0 Å². The standard InChI is InChI=1S/C26H51NO11/c1-2-3-4-5-6-7-8-9-10-11-12-13-14-27-25(36)22(34)21(33)24(17(30)15-28)38-26-23(35)20(32)19(31)18(16-29)37-26/h17-24,26,28-35H,2-16H2,1H3,(H,27,36)/t17-,18-,19-,20+,21-,22-,23-,24-,26-/m1/s1. The summed E-state index contributed by atoms with van der Waals surface area (Å²) in [5.74, 6) is -0.909. The van der Waals surface area contributed by atoms with E-state index in [1.807, 2.05) is 0 Å². The van der Waals surface area contributed by atoms with Gasteiger partial charge in [0.05, 0.1) is 13.2 Å². The molecule has 1 rings (SSSR count). The van der Waals surface area contributed by atoms with Gasteiger partial charge in [0, 0.05) is 6.54 Å². The summed E-state index contributed by atoms with van der Waals surface area (Å²) in [6.45, 7) is 0.834. The number of rotatable bonds is 21. The maximum atomic E-state index is 12.3. The summed E-state index contributed by atoms with van der Waals surface area (Å²) in [7, 11) is 0. The van der Waals surface area contributed by atoms with Crippen molar-refractivity contribution >= 4 is 5.91 Å². The van der Waals surface area contributed by atoms with Gasteiger partial charge in [-0.25, -0.2) is 0 Å². The highest BCUT2D eigenvalue weighted by molar-refractivity contribution is 5.81. The number of carbonyl (C=O) groups excluding carboxylic acids is 1. The smallest absolute Gasteiger partial charge is 0.251 e. The van der Waals surface area contributed by atoms with Crippen LogP contribution in [-0.2, 0) is 14.3 Å². The first-order valence-corrected chi connectivity index (χ1v) is 14.1. The summed E-state index contributed by atoms with van der Waals surface area (Å²) >= 11 is 0. The van der Waals surface area contributed by atoms with Crippen molar-refractivity contribution in [2.24, 2.45) is 0 Å². The number of hydrogen-bond acceptors (Lipinski definition) is 11. The number of nitrogens with one attached hydrogen (secondary N) is 1. The molecule has 0 aromatic heterocycles. The SMILES string of the molecule is CCCCCCCCCCCCCCNC(=O)[C@H](O)[C@@H](O)[C@H](O[C@H]1O[C@H](CO)[C@@H](O)[C@H](O)[C@H]1O)[C@H](O)CO. The van der Waals surface area contributed by atoms with Gasteiger partial charge in [0.15, 0.2) is 12.4 Å². The van der Waals surface area contributed by atoms with Crippen molar-refractivity contribution in [1.29, 1.82) is 0 Å². The number of amides is 1. The predicted molar refractivity (Wildman–Crippen MR) is 138 cm³/mol. The van der Waals surface area contributed by atoms with Crippen LogP contribution >= 0.6 is 0 Å². The molecule has 226 valence electrons. The minimum Gasteiger partial charge on any atom is -0.394 e. The van der Waals surface area contributed by atoms with E-state index in [2.05, 4.69) is 12.2 Å². The zero-order chi connectivity index (χ0) is 28.5. The Bertz CT molecular complexity index is 612. The molecule has 0 aliphatic carbocycles. The Kier molecular flexibility index (Phi) is 18.5. The number of hydrogen-bond donors (Lipinski definition) is 9. The topological polar surface area (TPSA) is 209 Å². The van der Waals surface area contributed by atoms with Crippen LogP contribution in [0.3, 0.4) is 0 Å². The Hall–Kier alpha value is -0.930. The van der Waals surface area contributed by atoms with Gasteiger partial charge >= 0.3 is 0 Å². The van der Waals surface area contributed by atoms with Gasteiger partial charge in [-0.1, -0.05) is 77.6 Å². The van der Waals surface area contributed by atoms with Crippen molar-refractivity contribution in [3.63, 3.8) is 0 Å². The van der Waals surface area contributed by atoms with Crippen LogP contribution in [0, 0.1) is 0 Å². The van der Waals surface area contributed by atoms with Crippen LogP contribution in [0.5, 0.6) is 0 Å². The van der Waals surface area contributed by atoms with E-state index in [0.29, 0.717) is 6.42 Å². The second-order valence-corrected chi connectivity index (χ2v) is 10.2. The molecular formula is C26H51NO11. The molecule has 1 heterocycles. The summed E-state index contributed by atoms with van der Waals surface area (Å²) in [5.41, 5.74) is 0. The minimum absolute atomic E-state index is 0.279. The number of aliphatic hydroxyl groups is 8. The van der Waals surface area contributed by atoms with Gasteiger partial charge in [-0.3, -0.25) is 4.79 Å². The molecule has 0 aromatic carbocycles. The summed E-state index contributed by atoms with van der Waals surface area (Å²) < 4.78 is 10.5. The van der Waals surface area contributed by atoms with Gasteiger partial charge in [-0.15, -0.1) is 0 Å². The molecule has 1 aliphatic rings. The van der Waals surface area contributed by atoms with Crippen LogP contribution in [0.15, 0.2) is 0 Å². The lowest BCUT2D eigenvalue weighted by molar-refractivity contribution is -0.326. The lowest BCUT2D eigenvalue weighted by Crippen LogP contribution is -2.62. The highest BCUT2D eigenvalue weighted by Gasteiger charge is 2.47. The number of carbonyl (C=O) groups is 1. The van der Waals surface area contributed by atoms with E-state index in [-0.39, 0.29) is 6.54 Å². The third-order valence-corrected chi connectivity index (χ3v) is 6.96. The second-order valence-electron chi connectivity index (χ2n) is 10.2. The van der Waals surface area contributed by atoms with Crippen molar-refractivity contribution < 1.29 is 55.1 Å². The van der Waals surface area contributed by atoms with Gasteiger partial charge in [0.1, 0.15) is 42.7 Å². The monoisotopic (exact) mass is 553 g/mol. The van der Waals surface area contributed by atoms with Crippen LogP contribution < -0.4 is 5.32 Å². The third kappa shape index (κ3) is 12.1. The Morgan fingerprint density at radius 3 is 1.84 bits per heavy atom. The molecule has 0 aromatic rings. The molecule has 1 aliphatic heterocycles. The predicted octanol–water partition coefficient (Wildman–Crippen LogP) is -0.936. The van der Waals surface area contributed by atoms with Crippen LogP contribution in [0.1, 0.15) is 84.0 Å². The maximum Gasteiger partial charge on any atom is 0.251 e. The van der Waals surface area contributed by atoms with E-state index < -0.39 is 74.2 Å². The first-order valence-electron chi connectivity index (χ1n) is 14.1. The quantitative estimate of drug-likeness (QED) is 0.0792. The average molecular weight is 554 g/mol. The molecule has 0 unspecified atom stereocenters. The van der Waals surface area contributed by atoms with Crippen LogP contribution in [0.4, 0.5) is 0 Å². The maximum absolute atomic E-state index is 12.3. The summed E-state index contributed by atoms with van der Waals surface area (Å²) in [6.07, 6.45) is -2.07. The Balaban J connectivity index is 2.40. The van der Waals surface area contributed by atoms with E-state index >= 15 is 0 Å². The highest BCUT2D eigenvalue weighted by Crippen LogP contribution is 2.25. The largest absolute Gasteiger partial charge is 0.394 e. The highest BCUT2D eigenvalue weighted by atomic mass is 16.7. The molecule has 0 saturated carbocycles. The molecule has 1 amide bonds. The number of aliphatic hydroxyl groups excluding tert-OH is 8. The van der Waals surface area contributed by atoms with Gasteiger partial charge in [0.2, 0.25) is 0 Å². The fourth-order valence-electron chi connectivity index (χ4n) is 4.45. The zero-order valence-corrected chi connectivity index (χ0v) is 22.6. The first-order chi connectivity index (χ1) is 18.2. The van der Waals surface area contributed by atoms with E-state index in [1.165, 1.54) is 51.4 Å². The molecule has 12 nitrogen and oxygen atoms in total. The lowest BCUT2D eigenvalue weighted by atomic mass is 9.98. The van der Waals surface area contributed by atoms with Crippen molar-refractivity contribution in [1.82, 2.24) is 5.32 Å². The Labute approximate surface area is 225 Å². The summed E-state index contributed by atoms with van der Waals surface area (Å²) in [5, 5.41) is 82.0. The zero-order valence-electron chi connectivity index (χ0n) is 22.6. The van der Waals surface area contributed by atoms with Crippen LogP contribution in [0.2, 0.25) is 0 Å². The summed E-state index contributed by atoms with van der Waals surface area (Å²) in [6, 6.07) is 0. The molecule has 0 radical (unpaired) electrons. The molecular weight excluding hydrogens is 502 g/mol. The lowest BCUT2D eigenvalue weighted by Gasteiger charge is -2.42. The first kappa shape index (κ1) is 35.1. The van der Waals surface area contributed by atoms with Crippen molar-refractivity contribution in [3.05, 3.63) is 0 Å². The van der Waals surface area contributed by atoms with E-state index in [1.54, 1.807) is 0 Å². The average Bonchev–Trinajstić information content (AvgIpc) is 2.92. The normalized spacial score (nSPS) is 27.0. The van der Waals surface area contributed by atoms with Gasteiger partial charge in [-0.05, 0) is 6.42 Å². The van der Waals surface area contributed by atoms with Gasteiger partial charge < -0.3 is 55.6 Å². The third-order valence-electron chi connectivity index (χ3n) is 6.96. The fraction of sp³-hybridized carbons (Fsp3) is 0.962. The van der Waals surface area contributed by atoms with Gasteiger partial charge in [0.25, 0.3) is 5.91 Å². The van der Waals surface area contributed by atoms with E-state index in [0.717, 1.165) is 19.3 Å². The molecule has 12 heteroatoms. The van der Waals surface area contributed by atoms with E-state index in [4.69, 9.17) is 9.47 Å². The molecule has 0 spiro atoms. The number of unbranched alkanes of at least 4 members (excludes halogenated alkanes) is 11. The fourth-order valence-corrected chi connectivity index (χ4v) is 4.45. The molecule has 9 atom stereocenters. The van der Waals surface area contributed by atoms with E-state index in [9.17, 15) is 45.6 Å². The van der Waals surface area contributed by atoms with Crippen molar-refractivity contribution in [2.45, 2.75) is 139 Å². The van der Waals surface area contributed by atoms with Crippen LogP contribution in [0.25, 0.3) is 0 Å². The Morgan fingerprint density at radius 2 is 1.34 bits per heavy atom. The molecule has 0 bridgehead atoms. The molecule has 1 fully saturated rings. The molecule has 9 N–H and O–H groups in total. The molecule has 1 saturated heterocycles. The Morgan fingerprint density at radius 1 is 0.816 bits per heavy atom. The van der Waals surface area contributed by atoms with Gasteiger partial charge in [-0.2, -0.15) is 0 Å². The number of ether oxygens (including phenoxy) is 2. The van der Waals surface area contributed by atoms with Crippen molar-refractivity contribution in [2.75, 3.05) is 19.8 Å². The minimum atomic E-state index is -2.04. The summed E-state index contributed by atoms with van der Waals surface area (Å²) in [4.78, 5) is 12.3. The second kappa shape index (κ2) is 20.0.